The summed E-state index contributed by atoms with van der Waals surface area (Å²) in [7, 11) is 3.24. The lowest BCUT2D eigenvalue weighted by atomic mass is 9.99. The van der Waals surface area contributed by atoms with Crippen molar-refractivity contribution in [2.24, 2.45) is 0 Å². The molecule has 3 N–H and O–H groups in total. The third-order valence-corrected chi connectivity index (χ3v) is 11.3. The van der Waals surface area contributed by atoms with Gasteiger partial charge in [-0.1, -0.05) is 0 Å². The number of morpholine rings is 2. The van der Waals surface area contributed by atoms with E-state index in [0.717, 1.165) is 24.3 Å². The SMILES string of the molecule is CC(Nc1cc(F)cc(F)c1)c1cc(C(=O)N(C)C)cc2c(=O)cc(N3CCOC[C@@H]3C)oc12.CC(Nc1cc(F)cc(F)c1)c1cc(C(=O)O)cc2c(=O)cc(N3CCOC[C@@H]3C)oc12. The van der Waals surface area contributed by atoms with Crippen LogP contribution in [-0.4, -0.2) is 87.6 Å². The van der Waals surface area contributed by atoms with E-state index in [1.807, 2.05) is 23.6 Å². The van der Waals surface area contributed by atoms with Gasteiger partial charge in [-0.2, -0.15) is 0 Å². The van der Waals surface area contributed by atoms with Crippen molar-refractivity contribution in [2.75, 3.05) is 74.0 Å². The largest absolute Gasteiger partial charge is 0.478 e. The molecular weight excluding hydrogens is 867 g/mol. The molecular formula is C48H49F4N5O9. The standard InChI is InChI=1S/C25H27F2N3O4.C23H22F2N2O5/c1-14-13-33-6-5-30(14)23-12-22(31)21-8-16(25(32)29(3)4)7-20(24(21)34-23)15(2)28-19-10-17(26)9-18(27)11-19;1-12-11-31-4-3-27(12)21-10-20(28)19-6-14(23(29)30)5-18(22(19)32-21)13(2)26-17-8-15(24)7-16(25)9-17/h7-12,14-15,28H,5-6,13H2,1-4H3;5-10,12-13,26H,3-4,11H2,1-2H3,(H,29,30)/t14-,15?;12-,13?/m00/s1. The zero-order valence-electron chi connectivity index (χ0n) is 37.0. The van der Waals surface area contributed by atoms with Crippen LogP contribution in [0.25, 0.3) is 21.9 Å². The van der Waals surface area contributed by atoms with E-state index in [1.54, 1.807) is 34.0 Å². The second-order valence-electron chi connectivity index (χ2n) is 16.6. The summed E-state index contributed by atoms with van der Waals surface area (Å²) >= 11 is 0. The molecule has 348 valence electrons. The lowest BCUT2D eigenvalue weighted by Crippen LogP contribution is -2.44. The molecule has 2 aliphatic rings. The maximum Gasteiger partial charge on any atom is 0.335 e. The number of hydrogen-bond donors (Lipinski definition) is 3. The first-order chi connectivity index (χ1) is 31.4. The second kappa shape index (κ2) is 19.7. The molecule has 0 aliphatic carbocycles. The van der Waals surface area contributed by atoms with Gasteiger partial charge in [0.05, 0.1) is 66.9 Å². The Morgan fingerprint density at radius 2 is 1.03 bits per heavy atom. The van der Waals surface area contributed by atoms with E-state index in [-0.39, 0.29) is 62.1 Å². The molecule has 0 bridgehead atoms. The number of hydrogen-bond acceptors (Lipinski definition) is 12. The molecule has 0 saturated carbocycles. The first-order valence-corrected chi connectivity index (χ1v) is 21.2. The first kappa shape index (κ1) is 47.1. The van der Waals surface area contributed by atoms with E-state index < -0.39 is 41.3 Å². The van der Waals surface area contributed by atoms with Crippen LogP contribution in [0.1, 0.15) is 71.6 Å². The minimum atomic E-state index is -1.21. The van der Waals surface area contributed by atoms with Gasteiger partial charge >= 0.3 is 5.97 Å². The molecule has 8 rings (SSSR count). The number of nitrogens with one attached hydrogen (secondary N) is 2. The van der Waals surface area contributed by atoms with Crippen LogP contribution in [0.2, 0.25) is 0 Å². The topological polar surface area (TPSA) is 167 Å². The predicted molar refractivity (Wildman–Crippen MR) is 242 cm³/mol. The van der Waals surface area contributed by atoms with Crippen molar-refractivity contribution in [3.63, 3.8) is 0 Å². The van der Waals surface area contributed by atoms with E-state index in [1.165, 1.54) is 47.4 Å². The van der Waals surface area contributed by atoms with Gasteiger partial charge in [0.15, 0.2) is 22.6 Å². The summed E-state index contributed by atoms with van der Waals surface area (Å²) < 4.78 is 78.0. The third-order valence-electron chi connectivity index (χ3n) is 11.3. The Labute approximate surface area is 376 Å². The van der Waals surface area contributed by atoms with Gasteiger partial charge in [-0.05, 0) is 76.2 Å². The van der Waals surface area contributed by atoms with Crippen molar-refractivity contribution in [3.05, 3.63) is 139 Å². The summed E-state index contributed by atoms with van der Waals surface area (Å²) in [5.41, 5.74) is 1.38. The van der Waals surface area contributed by atoms with Crippen LogP contribution in [-0.2, 0) is 9.47 Å². The maximum absolute atomic E-state index is 13.7. The Balaban J connectivity index is 0.000000197. The Bertz CT molecular complexity index is 2890. The van der Waals surface area contributed by atoms with Crippen molar-refractivity contribution in [3.8, 4) is 0 Å². The number of anilines is 4. The fraction of sp³-hybridized carbons (Fsp3) is 0.333. The summed E-state index contributed by atoms with van der Waals surface area (Å²) in [5, 5.41) is 15.9. The van der Waals surface area contributed by atoms with E-state index in [2.05, 4.69) is 10.6 Å². The molecule has 4 heterocycles. The quantitative estimate of drug-likeness (QED) is 0.112. The number of carbonyl (C=O) groups excluding carboxylic acids is 1. The van der Waals surface area contributed by atoms with Crippen LogP contribution >= 0.6 is 0 Å². The van der Waals surface area contributed by atoms with Crippen LogP contribution in [0.15, 0.2) is 91.2 Å². The molecule has 2 aromatic heterocycles. The fourth-order valence-corrected chi connectivity index (χ4v) is 8.01. The molecule has 2 unspecified atom stereocenters. The molecule has 4 atom stereocenters. The number of carbonyl (C=O) groups is 2. The maximum atomic E-state index is 13.7. The van der Waals surface area contributed by atoms with Crippen molar-refractivity contribution in [1.29, 1.82) is 0 Å². The van der Waals surface area contributed by atoms with Crippen molar-refractivity contribution in [2.45, 2.75) is 51.9 Å². The minimum absolute atomic E-state index is 0.0122. The Hall–Kier alpha value is -6.92. The van der Waals surface area contributed by atoms with Crippen LogP contribution in [0, 0.1) is 23.3 Å². The predicted octanol–water partition coefficient (Wildman–Crippen LogP) is 8.34. The van der Waals surface area contributed by atoms with E-state index >= 15 is 0 Å². The third kappa shape index (κ3) is 10.4. The van der Waals surface area contributed by atoms with Gasteiger partial charge in [0.25, 0.3) is 5.91 Å². The smallest absolute Gasteiger partial charge is 0.335 e. The van der Waals surface area contributed by atoms with Crippen molar-refractivity contribution >= 4 is 57.0 Å². The molecule has 14 nitrogen and oxygen atoms in total. The highest BCUT2D eigenvalue weighted by Crippen LogP contribution is 2.34. The monoisotopic (exact) mass is 915 g/mol. The van der Waals surface area contributed by atoms with E-state index in [9.17, 15) is 41.8 Å². The molecule has 0 spiro atoms. The highest BCUT2D eigenvalue weighted by atomic mass is 19.1. The van der Waals surface area contributed by atoms with Gasteiger partial charge in [-0.3, -0.25) is 14.4 Å². The van der Waals surface area contributed by atoms with Crippen LogP contribution < -0.4 is 31.3 Å². The summed E-state index contributed by atoms with van der Waals surface area (Å²) in [6.07, 6.45) is 0. The Morgan fingerprint density at radius 3 is 1.41 bits per heavy atom. The number of fused-ring (bicyclic) bond motifs is 2. The van der Waals surface area contributed by atoms with Gasteiger partial charge in [-0.25, -0.2) is 22.4 Å². The summed E-state index contributed by atoms with van der Waals surface area (Å²) in [5.74, 6) is -3.66. The number of carboxylic acids is 1. The highest BCUT2D eigenvalue weighted by molar-refractivity contribution is 5.99. The van der Waals surface area contributed by atoms with Crippen LogP contribution in [0.4, 0.5) is 40.7 Å². The number of rotatable bonds is 10. The number of ether oxygens (including phenoxy) is 2. The fourth-order valence-electron chi connectivity index (χ4n) is 8.01. The van der Waals surface area contributed by atoms with Crippen LogP contribution in [0.5, 0.6) is 0 Å². The number of amides is 1. The highest BCUT2D eigenvalue weighted by Gasteiger charge is 2.27. The molecule has 66 heavy (non-hydrogen) atoms. The van der Waals surface area contributed by atoms with Gasteiger partial charge in [0, 0.05) is 79.5 Å². The molecule has 2 saturated heterocycles. The molecule has 2 fully saturated rings. The normalized spacial score (nSPS) is 17.2. The zero-order chi connectivity index (χ0) is 47.6. The van der Waals surface area contributed by atoms with Crippen molar-refractivity contribution < 1.29 is 50.6 Å². The second-order valence-corrected chi connectivity index (χ2v) is 16.6. The van der Waals surface area contributed by atoms with E-state index in [0.29, 0.717) is 73.6 Å². The number of nitrogens with zero attached hydrogens (tertiary/aromatic N) is 3. The summed E-state index contributed by atoms with van der Waals surface area (Å²) in [4.78, 5) is 55.8. The van der Waals surface area contributed by atoms with Crippen LogP contribution in [0.3, 0.4) is 0 Å². The summed E-state index contributed by atoms with van der Waals surface area (Å²) in [6.45, 7) is 10.5. The zero-order valence-corrected chi connectivity index (χ0v) is 37.0. The molecule has 18 heteroatoms. The molecule has 4 aromatic carbocycles. The number of carboxylic acid groups (broad SMARTS) is 1. The summed E-state index contributed by atoms with van der Waals surface area (Å²) in [6, 6.07) is 13.6. The number of halogens is 4. The molecule has 1 amide bonds. The van der Waals surface area contributed by atoms with Crippen molar-refractivity contribution in [1.82, 2.24) is 4.90 Å². The Kier molecular flexibility index (Phi) is 14.0. The van der Waals surface area contributed by atoms with E-state index in [4.69, 9.17) is 18.3 Å². The number of aromatic carboxylic acids is 1. The molecule has 2 aliphatic heterocycles. The number of benzene rings is 4. The average Bonchev–Trinajstić information content (AvgIpc) is 3.25. The first-order valence-electron chi connectivity index (χ1n) is 21.2. The van der Waals surface area contributed by atoms with Gasteiger partial charge in [-0.15, -0.1) is 0 Å². The van der Waals surface area contributed by atoms with Gasteiger partial charge in [0.2, 0.25) is 0 Å². The molecule has 6 aromatic rings. The van der Waals surface area contributed by atoms with Gasteiger partial charge in [0.1, 0.15) is 34.4 Å². The van der Waals surface area contributed by atoms with Gasteiger partial charge < -0.3 is 48.7 Å². The lowest BCUT2D eigenvalue weighted by Gasteiger charge is -2.33. The average molecular weight is 916 g/mol. The Morgan fingerprint density at radius 1 is 0.636 bits per heavy atom. The lowest BCUT2D eigenvalue weighted by molar-refractivity contribution is 0.0696. The minimum Gasteiger partial charge on any atom is -0.478 e. The molecule has 0 radical (unpaired) electrons.